The van der Waals surface area contributed by atoms with E-state index in [1.165, 1.54) is 12.1 Å². The summed E-state index contributed by atoms with van der Waals surface area (Å²) in [5, 5.41) is 0.326. The van der Waals surface area contributed by atoms with E-state index >= 15 is 0 Å². The standard InChI is InChI=1S/C14H13BrClFN2O/c1-2-3-11-13(15)14(20)19-12(18-11)6-8-4-5-9(17)7-10(8)16/h4-5,7H,2-3,6H2,1H3,(H,18,19,20). The van der Waals surface area contributed by atoms with Crippen LogP contribution in [-0.4, -0.2) is 9.97 Å². The van der Waals surface area contributed by atoms with E-state index in [0.717, 1.165) is 17.7 Å². The van der Waals surface area contributed by atoms with Crippen molar-refractivity contribution in [2.45, 2.75) is 26.2 Å². The summed E-state index contributed by atoms with van der Waals surface area (Å²) in [6.45, 7) is 2.02. The lowest BCUT2D eigenvalue weighted by Crippen LogP contribution is -2.16. The molecular weight excluding hydrogens is 347 g/mol. The number of H-pyrrole nitrogens is 1. The number of benzene rings is 1. The Morgan fingerprint density at radius 2 is 2.20 bits per heavy atom. The number of rotatable bonds is 4. The first-order valence-corrected chi connectivity index (χ1v) is 7.40. The molecule has 0 fully saturated rings. The molecule has 20 heavy (non-hydrogen) atoms. The molecule has 1 aromatic carbocycles. The summed E-state index contributed by atoms with van der Waals surface area (Å²) in [7, 11) is 0. The lowest BCUT2D eigenvalue weighted by atomic mass is 10.1. The predicted molar refractivity (Wildman–Crippen MR) is 80.8 cm³/mol. The van der Waals surface area contributed by atoms with Gasteiger partial charge in [-0.15, -0.1) is 0 Å². The quantitative estimate of drug-likeness (QED) is 0.901. The van der Waals surface area contributed by atoms with E-state index in [2.05, 4.69) is 25.9 Å². The van der Waals surface area contributed by atoms with Crippen molar-refractivity contribution in [2.24, 2.45) is 0 Å². The third kappa shape index (κ3) is 3.46. The van der Waals surface area contributed by atoms with Crippen LogP contribution < -0.4 is 5.56 Å². The third-order valence-corrected chi connectivity index (χ3v) is 4.01. The first kappa shape index (κ1) is 15.2. The number of hydrogen-bond donors (Lipinski definition) is 1. The van der Waals surface area contributed by atoms with Crippen LogP contribution in [0.4, 0.5) is 4.39 Å². The van der Waals surface area contributed by atoms with E-state index in [1.807, 2.05) is 6.92 Å². The van der Waals surface area contributed by atoms with Crippen molar-refractivity contribution in [3.8, 4) is 0 Å². The molecule has 0 spiro atoms. The molecule has 2 rings (SSSR count). The summed E-state index contributed by atoms with van der Waals surface area (Å²) in [6, 6.07) is 4.19. The van der Waals surface area contributed by atoms with Gasteiger partial charge in [0.2, 0.25) is 0 Å². The molecule has 0 aliphatic heterocycles. The van der Waals surface area contributed by atoms with E-state index in [9.17, 15) is 9.18 Å². The van der Waals surface area contributed by atoms with Crippen molar-refractivity contribution >= 4 is 27.5 Å². The molecule has 0 aliphatic carbocycles. The zero-order valence-electron chi connectivity index (χ0n) is 10.8. The van der Waals surface area contributed by atoms with Crippen molar-refractivity contribution in [3.63, 3.8) is 0 Å². The number of aromatic amines is 1. The van der Waals surface area contributed by atoms with Crippen LogP contribution in [0.5, 0.6) is 0 Å². The monoisotopic (exact) mass is 358 g/mol. The fourth-order valence-electron chi connectivity index (χ4n) is 1.89. The van der Waals surface area contributed by atoms with Crippen molar-refractivity contribution in [1.82, 2.24) is 9.97 Å². The minimum Gasteiger partial charge on any atom is -0.309 e. The summed E-state index contributed by atoms with van der Waals surface area (Å²) < 4.78 is 13.5. The van der Waals surface area contributed by atoms with Gasteiger partial charge in [0.1, 0.15) is 16.1 Å². The number of aromatic nitrogens is 2. The summed E-state index contributed by atoms with van der Waals surface area (Å²) in [6.07, 6.45) is 1.97. The molecule has 106 valence electrons. The lowest BCUT2D eigenvalue weighted by molar-refractivity contribution is 0.627. The Bertz CT molecular complexity index is 687. The third-order valence-electron chi connectivity index (χ3n) is 2.84. The minimum atomic E-state index is -0.386. The number of halogens is 3. The topological polar surface area (TPSA) is 45.8 Å². The molecule has 0 saturated carbocycles. The highest BCUT2D eigenvalue weighted by Gasteiger charge is 2.10. The van der Waals surface area contributed by atoms with Crippen LogP contribution in [0, 0.1) is 5.82 Å². The fourth-order valence-corrected chi connectivity index (χ4v) is 2.51. The van der Waals surface area contributed by atoms with Crippen molar-refractivity contribution in [2.75, 3.05) is 0 Å². The average molecular weight is 360 g/mol. The Kier molecular flexibility index (Phi) is 4.94. The Balaban J connectivity index is 2.36. The fraction of sp³-hybridized carbons (Fsp3) is 0.286. The maximum absolute atomic E-state index is 13.0. The van der Waals surface area contributed by atoms with Gasteiger partial charge in [0.05, 0.1) is 5.69 Å². The van der Waals surface area contributed by atoms with E-state index in [1.54, 1.807) is 6.07 Å². The van der Waals surface area contributed by atoms with Gasteiger partial charge in [-0.3, -0.25) is 4.79 Å². The maximum atomic E-state index is 13.0. The highest BCUT2D eigenvalue weighted by molar-refractivity contribution is 9.10. The van der Waals surface area contributed by atoms with E-state index in [0.29, 0.717) is 28.2 Å². The molecule has 1 N–H and O–H groups in total. The normalized spacial score (nSPS) is 10.8. The van der Waals surface area contributed by atoms with Crippen LogP contribution in [0.1, 0.15) is 30.4 Å². The SMILES string of the molecule is CCCc1nc(Cc2ccc(F)cc2Cl)[nH]c(=O)c1Br. The van der Waals surface area contributed by atoms with Crippen LogP contribution >= 0.6 is 27.5 Å². The van der Waals surface area contributed by atoms with Crippen LogP contribution in [0.3, 0.4) is 0 Å². The van der Waals surface area contributed by atoms with Crippen LogP contribution in [0.2, 0.25) is 5.02 Å². The molecule has 6 heteroatoms. The molecule has 0 saturated heterocycles. The van der Waals surface area contributed by atoms with Crippen molar-refractivity contribution in [1.29, 1.82) is 0 Å². The van der Waals surface area contributed by atoms with Crippen LogP contribution in [0.15, 0.2) is 27.5 Å². The van der Waals surface area contributed by atoms with E-state index in [-0.39, 0.29) is 11.4 Å². The molecule has 2 aromatic rings. The first-order valence-electron chi connectivity index (χ1n) is 6.22. The maximum Gasteiger partial charge on any atom is 0.265 e. The number of nitrogens with one attached hydrogen (secondary N) is 1. The minimum absolute atomic E-state index is 0.211. The molecule has 3 nitrogen and oxygen atoms in total. The van der Waals surface area contributed by atoms with Gasteiger partial charge in [-0.25, -0.2) is 9.37 Å². The van der Waals surface area contributed by atoms with E-state index < -0.39 is 0 Å². The summed E-state index contributed by atoms with van der Waals surface area (Å²) in [5.41, 5.74) is 1.24. The number of hydrogen-bond acceptors (Lipinski definition) is 2. The number of aryl methyl sites for hydroxylation is 1. The highest BCUT2D eigenvalue weighted by atomic mass is 79.9. The van der Waals surface area contributed by atoms with Crippen molar-refractivity contribution in [3.05, 3.63) is 60.9 Å². The second-order valence-corrected chi connectivity index (χ2v) is 5.64. The smallest absolute Gasteiger partial charge is 0.265 e. The van der Waals surface area contributed by atoms with Crippen LogP contribution in [0.25, 0.3) is 0 Å². The van der Waals surface area contributed by atoms with Gasteiger partial charge in [-0.05, 0) is 40.0 Å². The molecule has 0 aliphatic rings. The van der Waals surface area contributed by atoms with Crippen LogP contribution in [-0.2, 0) is 12.8 Å². The largest absolute Gasteiger partial charge is 0.309 e. The summed E-state index contributed by atoms with van der Waals surface area (Å²) in [5.74, 6) is 0.137. The highest BCUT2D eigenvalue weighted by Crippen LogP contribution is 2.20. The van der Waals surface area contributed by atoms with Gasteiger partial charge in [0.15, 0.2) is 0 Å². The first-order chi connectivity index (χ1) is 9.51. The lowest BCUT2D eigenvalue weighted by Gasteiger charge is -2.07. The molecular formula is C14H13BrClFN2O. The average Bonchev–Trinajstić information content (AvgIpc) is 2.39. The zero-order chi connectivity index (χ0) is 14.7. The molecule has 0 radical (unpaired) electrons. The molecule has 1 aromatic heterocycles. The number of nitrogens with zero attached hydrogens (tertiary/aromatic N) is 1. The predicted octanol–water partition coefficient (Wildman–Crippen LogP) is 3.87. The zero-order valence-corrected chi connectivity index (χ0v) is 13.2. The Labute approximate surface area is 129 Å². The summed E-state index contributed by atoms with van der Waals surface area (Å²) >= 11 is 9.23. The molecule has 1 heterocycles. The van der Waals surface area contributed by atoms with Gasteiger partial charge >= 0.3 is 0 Å². The van der Waals surface area contributed by atoms with Gasteiger partial charge in [-0.1, -0.05) is 31.0 Å². The second kappa shape index (κ2) is 6.50. The molecule has 0 amide bonds. The second-order valence-electron chi connectivity index (χ2n) is 4.44. The van der Waals surface area contributed by atoms with Gasteiger partial charge in [-0.2, -0.15) is 0 Å². The van der Waals surface area contributed by atoms with Gasteiger partial charge < -0.3 is 4.98 Å². The van der Waals surface area contributed by atoms with Gasteiger partial charge in [0, 0.05) is 11.4 Å². The Morgan fingerprint density at radius 3 is 2.85 bits per heavy atom. The van der Waals surface area contributed by atoms with Crippen molar-refractivity contribution < 1.29 is 4.39 Å². The molecule has 0 bridgehead atoms. The van der Waals surface area contributed by atoms with E-state index in [4.69, 9.17) is 11.6 Å². The molecule has 0 atom stereocenters. The van der Waals surface area contributed by atoms with Gasteiger partial charge in [0.25, 0.3) is 5.56 Å². The molecule has 0 unspecified atom stereocenters. The summed E-state index contributed by atoms with van der Waals surface area (Å²) in [4.78, 5) is 19.0. The Hall–Kier alpha value is -1.20. The Morgan fingerprint density at radius 1 is 1.45 bits per heavy atom.